The lowest BCUT2D eigenvalue weighted by atomic mass is 10.2. The number of halogens is 1. The number of imidazole rings is 1. The molecule has 2 N–H and O–H groups in total. The molecule has 0 bridgehead atoms. The van der Waals surface area contributed by atoms with Crippen LogP contribution in [0.15, 0.2) is 12.1 Å². The molecule has 0 saturated heterocycles. The molecule has 0 spiro atoms. The lowest BCUT2D eigenvalue weighted by Gasteiger charge is -2.06. The molecule has 2 rings (SSSR count). The maximum absolute atomic E-state index is 13.5. The van der Waals surface area contributed by atoms with Crippen molar-refractivity contribution >= 4 is 17.0 Å². The summed E-state index contributed by atoms with van der Waals surface area (Å²) < 4.78 is 13.5. The summed E-state index contributed by atoms with van der Waals surface area (Å²) in [5.74, 6) is -1.31. The second-order valence-corrected chi connectivity index (χ2v) is 4.39. The van der Waals surface area contributed by atoms with Crippen LogP contribution in [-0.4, -0.2) is 46.6 Å². The van der Waals surface area contributed by atoms with Crippen LogP contribution in [0.4, 0.5) is 4.39 Å². The molecule has 0 atom stereocenters. The second-order valence-electron chi connectivity index (χ2n) is 4.39. The van der Waals surface area contributed by atoms with E-state index in [-0.39, 0.29) is 5.56 Å². The highest BCUT2D eigenvalue weighted by Gasteiger charge is 2.13. The molecule has 96 valence electrons. The van der Waals surface area contributed by atoms with Gasteiger partial charge < -0.3 is 15.0 Å². The van der Waals surface area contributed by atoms with Crippen molar-refractivity contribution in [3.8, 4) is 0 Å². The van der Waals surface area contributed by atoms with E-state index in [4.69, 9.17) is 5.11 Å². The largest absolute Gasteiger partial charge is 0.478 e. The van der Waals surface area contributed by atoms with Crippen LogP contribution in [0.2, 0.25) is 0 Å². The molecule has 5 nitrogen and oxygen atoms in total. The molecule has 1 aromatic carbocycles. The van der Waals surface area contributed by atoms with E-state index in [1.165, 1.54) is 12.1 Å². The number of H-pyrrole nitrogens is 1. The number of hydrogen-bond donors (Lipinski definition) is 2. The van der Waals surface area contributed by atoms with Gasteiger partial charge in [0.2, 0.25) is 0 Å². The first-order valence-electron chi connectivity index (χ1n) is 5.53. The minimum absolute atomic E-state index is 0.354. The van der Waals surface area contributed by atoms with Crippen LogP contribution in [-0.2, 0) is 6.42 Å². The van der Waals surface area contributed by atoms with Gasteiger partial charge in [-0.15, -0.1) is 0 Å². The highest BCUT2D eigenvalue weighted by molar-refractivity contribution is 5.92. The SMILES string of the molecule is CN(C)CCc1nc2cc(C(=O)O)c(F)cc2[nH]1. The zero-order valence-corrected chi connectivity index (χ0v) is 10.2. The van der Waals surface area contributed by atoms with Gasteiger partial charge in [0.05, 0.1) is 16.6 Å². The smallest absolute Gasteiger partial charge is 0.338 e. The zero-order chi connectivity index (χ0) is 13.3. The van der Waals surface area contributed by atoms with E-state index >= 15 is 0 Å². The summed E-state index contributed by atoms with van der Waals surface area (Å²) in [6.07, 6.45) is 0.700. The molecule has 0 aliphatic heterocycles. The van der Waals surface area contributed by atoms with Gasteiger partial charge in [0.25, 0.3) is 0 Å². The van der Waals surface area contributed by atoms with E-state index in [1.807, 2.05) is 19.0 Å². The van der Waals surface area contributed by atoms with E-state index in [9.17, 15) is 9.18 Å². The van der Waals surface area contributed by atoms with Gasteiger partial charge in [0.1, 0.15) is 11.6 Å². The molecule has 0 aliphatic carbocycles. The predicted molar refractivity (Wildman–Crippen MR) is 65.3 cm³/mol. The summed E-state index contributed by atoms with van der Waals surface area (Å²) in [6.45, 7) is 0.814. The molecule has 0 saturated carbocycles. The molecule has 1 heterocycles. The molecule has 0 radical (unpaired) electrons. The van der Waals surface area contributed by atoms with E-state index < -0.39 is 11.8 Å². The Hall–Kier alpha value is -1.95. The Morgan fingerprint density at radius 1 is 1.50 bits per heavy atom. The molecular formula is C12H14FN3O2. The minimum atomic E-state index is -1.28. The van der Waals surface area contributed by atoms with Crippen molar-refractivity contribution in [1.29, 1.82) is 0 Å². The Morgan fingerprint density at radius 3 is 2.83 bits per heavy atom. The first-order chi connectivity index (χ1) is 8.47. The molecule has 0 amide bonds. The number of aromatic nitrogens is 2. The van der Waals surface area contributed by atoms with Crippen molar-refractivity contribution < 1.29 is 14.3 Å². The monoisotopic (exact) mass is 251 g/mol. The van der Waals surface area contributed by atoms with E-state index in [0.717, 1.165) is 12.4 Å². The van der Waals surface area contributed by atoms with Gasteiger partial charge in [-0.3, -0.25) is 0 Å². The number of aromatic amines is 1. The molecule has 0 aliphatic rings. The van der Waals surface area contributed by atoms with Crippen LogP contribution in [0, 0.1) is 5.82 Å². The normalized spacial score (nSPS) is 11.3. The number of carboxylic acid groups (broad SMARTS) is 1. The first kappa shape index (κ1) is 12.5. The number of hydrogen-bond acceptors (Lipinski definition) is 3. The molecular weight excluding hydrogens is 237 g/mol. The molecule has 0 fully saturated rings. The number of aromatic carboxylic acids is 1. The fourth-order valence-corrected chi connectivity index (χ4v) is 1.70. The Morgan fingerprint density at radius 2 is 2.22 bits per heavy atom. The second kappa shape index (κ2) is 4.73. The van der Waals surface area contributed by atoms with Crippen LogP contribution in [0.3, 0.4) is 0 Å². The van der Waals surface area contributed by atoms with Crippen molar-refractivity contribution in [2.45, 2.75) is 6.42 Å². The minimum Gasteiger partial charge on any atom is -0.478 e. The Balaban J connectivity index is 2.36. The van der Waals surface area contributed by atoms with Gasteiger partial charge in [-0.1, -0.05) is 0 Å². The van der Waals surface area contributed by atoms with Crippen LogP contribution in [0.1, 0.15) is 16.2 Å². The lowest BCUT2D eigenvalue weighted by molar-refractivity contribution is 0.0692. The van der Waals surface area contributed by atoms with Crippen molar-refractivity contribution in [1.82, 2.24) is 14.9 Å². The fourth-order valence-electron chi connectivity index (χ4n) is 1.70. The van der Waals surface area contributed by atoms with Crippen LogP contribution in [0.25, 0.3) is 11.0 Å². The molecule has 18 heavy (non-hydrogen) atoms. The Labute approximate surface area is 103 Å². The number of nitrogens with one attached hydrogen (secondary N) is 1. The highest BCUT2D eigenvalue weighted by Crippen LogP contribution is 2.17. The van der Waals surface area contributed by atoms with Gasteiger partial charge >= 0.3 is 5.97 Å². The van der Waals surface area contributed by atoms with Crippen molar-refractivity contribution in [3.63, 3.8) is 0 Å². The number of nitrogens with zero attached hydrogens (tertiary/aromatic N) is 2. The average Bonchev–Trinajstić information content (AvgIpc) is 2.66. The topological polar surface area (TPSA) is 69.2 Å². The third kappa shape index (κ3) is 2.48. The summed E-state index contributed by atoms with van der Waals surface area (Å²) in [4.78, 5) is 20.1. The van der Waals surface area contributed by atoms with Gasteiger partial charge in [-0.2, -0.15) is 0 Å². The van der Waals surface area contributed by atoms with Crippen LogP contribution in [0.5, 0.6) is 0 Å². The summed E-state index contributed by atoms with van der Waals surface area (Å²) in [7, 11) is 3.90. The number of rotatable bonds is 4. The van der Waals surface area contributed by atoms with Crippen molar-refractivity contribution in [2.75, 3.05) is 20.6 Å². The van der Waals surface area contributed by atoms with Gasteiger partial charge in [0.15, 0.2) is 0 Å². The van der Waals surface area contributed by atoms with Crippen molar-refractivity contribution in [3.05, 3.63) is 29.3 Å². The Bertz CT molecular complexity index is 592. The number of carboxylic acids is 1. The third-order valence-electron chi connectivity index (χ3n) is 2.65. The average molecular weight is 251 g/mol. The van der Waals surface area contributed by atoms with E-state index in [2.05, 4.69) is 9.97 Å². The Kier molecular flexibility index (Phi) is 3.29. The standard InChI is InChI=1S/C12H14FN3O2/c1-16(2)4-3-11-14-9-5-7(12(17)18)8(13)6-10(9)15-11/h5-6H,3-4H2,1-2H3,(H,14,15)(H,17,18). The fraction of sp³-hybridized carbons (Fsp3) is 0.333. The maximum Gasteiger partial charge on any atom is 0.338 e. The molecule has 1 aromatic heterocycles. The molecule has 0 unspecified atom stereocenters. The first-order valence-corrected chi connectivity index (χ1v) is 5.53. The zero-order valence-electron chi connectivity index (χ0n) is 10.2. The molecule has 6 heteroatoms. The summed E-state index contributed by atoms with van der Waals surface area (Å²) >= 11 is 0. The van der Waals surface area contributed by atoms with Crippen molar-refractivity contribution in [2.24, 2.45) is 0 Å². The van der Waals surface area contributed by atoms with Crippen LogP contribution >= 0.6 is 0 Å². The van der Waals surface area contributed by atoms with E-state index in [0.29, 0.717) is 17.5 Å². The third-order valence-corrected chi connectivity index (χ3v) is 2.65. The van der Waals surface area contributed by atoms with Gasteiger partial charge in [0, 0.05) is 19.0 Å². The number of fused-ring (bicyclic) bond motifs is 1. The van der Waals surface area contributed by atoms with Gasteiger partial charge in [-0.05, 0) is 20.2 Å². The summed E-state index contributed by atoms with van der Waals surface area (Å²) in [5.41, 5.74) is 0.641. The van der Waals surface area contributed by atoms with E-state index in [1.54, 1.807) is 0 Å². The number of benzene rings is 1. The number of likely N-dealkylation sites (N-methyl/N-ethyl adjacent to an activating group) is 1. The van der Waals surface area contributed by atoms with Gasteiger partial charge in [-0.25, -0.2) is 14.2 Å². The summed E-state index contributed by atoms with van der Waals surface area (Å²) in [6, 6.07) is 2.42. The quantitative estimate of drug-likeness (QED) is 0.864. The number of carbonyl (C=O) groups is 1. The highest BCUT2D eigenvalue weighted by atomic mass is 19.1. The van der Waals surface area contributed by atoms with Crippen LogP contribution < -0.4 is 0 Å². The molecule has 2 aromatic rings. The lowest BCUT2D eigenvalue weighted by Crippen LogP contribution is -2.15. The maximum atomic E-state index is 13.5. The summed E-state index contributed by atoms with van der Waals surface area (Å²) in [5, 5.41) is 8.82. The predicted octanol–water partition coefficient (Wildman–Crippen LogP) is 1.50.